The highest BCUT2D eigenvalue weighted by atomic mass is 15.1. The van der Waals surface area contributed by atoms with Crippen molar-refractivity contribution < 1.29 is 0 Å². The fraction of sp³-hybridized carbons (Fsp3) is 0.211. The summed E-state index contributed by atoms with van der Waals surface area (Å²) >= 11 is 0. The fourth-order valence-electron chi connectivity index (χ4n) is 2.63. The van der Waals surface area contributed by atoms with Crippen LogP contribution in [0, 0.1) is 0 Å². The van der Waals surface area contributed by atoms with Crippen molar-refractivity contribution >= 4 is 0 Å². The van der Waals surface area contributed by atoms with Gasteiger partial charge >= 0.3 is 0 Å². The van der Waals surface area contributed by atoms with Gasteiger partial charge < -0.3 is 0 Å². The maximum absolute atomic E-state index is 4.60. The Hall–Kier alpha value is -2.35. The van der Waals surface area contributed by atoms with Gasteiger partial charge in [0.2, 0.25) is 0 Å². The van der Waals surface area contributed by atoms with Crippen molar-refractivity contribution in [3.63, 3.8) is 0 Å². The van der Waals surface area contributed by atoms with Gasteiger partial charge in [-0.25, -0.2) is 4.98 Å². The molecule has 0 aliphatic carbocycles. The zero-order valence-electron chi connectivity index (χ0n) is 12.7. The molecule has 3 rings (SSSR count). The molecule has 0 radical (unpaired) electrons. The monoisotopic (exact) mass is 276 g/mol. The lowest BCUT2D eigenvalue weighted by Gasteiger charge is -2.23. The topological polar surface area (TPSA) is 17.8 Å². The van der Waals surface area contributed by atoms with E-state index in [-0.39, 0.29) is 5.41 Å². The van der Waals surface area contributed by atoms with E-state index in [1.54, 1.807) is 0 Å². The predicted octanol–water partition coefficient (Wildman–Crippen LogP) is 4.84. The number of aromatic nitrogens is 2. The molecule has 1 aromatic heterocycles. The van der Waals surface area contributed by atoms with Crippen molar-refractivity contribution in [1.82, 2.24) is 9.55 Å². The minimum Gasteiger partial charge on any atom is -0.300 e. The van der Waals surface area contributed by atoms with Crippen molar-refractivity contribution in [1.29, 1.82) is 0 Å². The highest BCUT2D eigenvalue weighted by Gasteiger charge is 2.20. The van der Waals surface area contributed by atoms with E-state index in [9.17, 15) is 0 Å². The van der Waals surface area contributed by atoms with E-state index in [1.165, 1.54) is 11.1 Å². The van der Waals surface area contributed by atoms with Crippen LogP contribution in [0.15, 0.2) is 67.0 Å². The molecule has 21 heavy (non-hydrogen) atoms. The SMILES string of the molecule is CC(C)(C)c1ccccc1-c1nccn1-c1ccccc1. The van der Waals surface area contributed by atoms with Crippen molar-refractivity contribution in [3.8, 4) is 17.1 Å². The summed E-state index contributed by atoms with van der Waals surface area (Å²) in [6.07, 6.45) is 3.88. The summed E-state index contributed by atoms with van der Waals surface area (Å²) in [4.78, 5) is 4.60. The normalized spacial score (nSPS) is 11.6. The number of imidazole rings is 1. The smallest absolute Gasteiger partial charge is 0.144 e. The van der Waals surface area contributed by atoms with Crippen LogP contribution < -0.4 is 0 Å². The number of para-hydroxylation sites is 1. The Morgan fingerprint density at radius 1 is 0.857 bits per heavy atom. The Morgan fingerprint density at radius 2 is 1.52 bits per heavy atom. The average Bonchev–Trinajstić information content (AvgIpc) is 2.96. The second-order valence-corrected chi connectivity index (χ2v) is 6.25. The van der Waals surface area contributed by atoms with E-state index >= 15 is 0 Å². The molecular formula is C19H20N2. The van der Waals surface area contributed by atoms with Gasteiger partial charge in [0.05, 0.1) is 0 Å². The Bertz CT molecular complexity index is 734. The molecule has 0 fully saturated rings. The van der Waals surface area contributed by atoms with Crippen molar-refractivity contribution in [2.24, 2.45) is 0 Å². The molecule has 2 aromatic carbocycles. The summed E-state index contributed by atoms with van der Waals surface area (Å²) in [5.41, 5.74) is 3.73. The summed E-state index contributed by atoms with van der Waals surface area (Å²) in [7, 11) is 0. The standard InChI is InChI=1S/C19H20N2/c1-19(2,3)17-12-8-7-11-16(17)18-20-13-14-21(18)15-9-5-4-6-10-15/h4-14H,1-3H3. The lowest BCUT2D eigenvalue weighted by atomic mass is 9.83. The minimum atomic E-state index is 0.0874. The van der Waals surface area contributed by atoms with E-state index in [0.717, 1.165) is 11.5 Å². The van der Waals surface area contributed by atoms with Gasteiger partial charge in [0.25, 0.3) is 0 Å². The maximum Gasteiger partial charge on any atom is 0.144 e. The van der Waals surface area contributed by atoms with Crippen LogP contribution in [-0.2, 0) is 5.41 Å². The molecule has 0 spiro atoms. The second kappa shape index (κ2) is 5.21. The number of hydrogen-bond acceptors (Lipinski definition) is 1. The van der Waals surface area contributed by atoms with Gasteiger partial charge in [0, 0.05) is 23.6 Å². The van der Waals surface area contributed by atoms with Gasteiger partial charge in [-0.15, -0.1) is 0 Å². The summed E-state index contributed by atoms with van der Waals surface area (Å²) < 4.78 is 2.14. The lowest BCUT2D eigenvalue weighted by molar-refractivity contribution is 0.591. The van der Waals surface area contributed by atoms with E-state index in [0.29, 0.717) is 0 Å². The Morgan fingerprint density at radius 3 is 2.24 bits per heavy atom. The van der Waals surface area contributed by atoms with Crippen LogP contribution in [0.5, 0.6) is 0 Å². The average molecular weight is 276 g/mol. The summed E-state index contributed by atoms with van der Waals surface area (Å²) in [5, 5.41) is 0. The zero-order valence-corrected chi connectivity index (χ0v) is 12.7. The van der Waals surface area contributed by atoms with Crippen LogP contribution in [0.4, 0.5) is 0 Å². The number of hydrogen-bond donors (Lipinski definition) is 0. The Labute approximate surface area is 126 Å². The minimum absolute atomic E-state index is 0.0874. The van der Waals surface area contributed by atoms with Crippen LogP contribution in [-0.4, -0.2) is 9.55 Å². The molecule has 0 amide bonds. The van der Waals surface area contributed by atoms with Crippen LogP contribution in [0.2, 0.25) is 0 Å². The molecule has 2 heteroatoms. The third kappa shape index (κ3) is 2.62. The van der Waals surface area contributed by atoms with Crippen molar-refractivity contribution in [2.45, 2.75) is 26.2 Å². The molecule has 106 valence electrons. The Kier molecular flexibility index (Phi) is 3.38. The molecule has 0 unspecified atom stereocenters. The van der Waals surface area contributed by atoms with Gasteiger partial charge in [-0.2, -0.15) is 0 Å². The quantitative estimate of drug-likeness (QED) is 0.655. The van der Waals surface area contributed by atoms with E-state index < -0.39 is 0 Å². The number of nitrogens with zero attached hydrogens (tertiary/aromatic N) is 2. The first-order valence-electron chi connectivity index (χ1n) is 7.26. The van der Waals surface area contributed by atoms with Crippen molar-refractivity contribution in [2.75, 3.05) is 0 Å². The summed E-state index contributed by atoms with van der Waals surface area (Å²) in [5.74, 6) is 0.992. The van der Waals surface area contributed by atoms with Gasteiger partial charge in [-0.3, -0.25) is 4.57 Å². The van der Waals surface area contributed by atoms with Crippen LogP contribution in [0.3, 0.4) is 0 Å². The predicted molar refractivity (Wildman–Crippen MR) is 87.7 cm³/mol. The third-order valence-corrected chi connectivity index (χ3v) is 3.65. The van der Waals surface area contributed by atoms with E-state index in [2.05, 4.69) is 78.9 Å². The van der Waals surface area contributed by atoms with Crippen LogP contribution >= 0.6 is 0 Å². The molecule has 0 atom stereocenters. The summed E-state index contributed by atoms with van der Waals surface area (Å²) in [6.45, 7) is 6.71. The molecular weight excluding hydrogens is 256 g/mol. The third-order valence-electron chi connectivity index (χ3n) is 3.65. The first-order valence-corrected chi connectivity index (χ1v) is 7.26. The summed E-state index contributed by atoms with van der Waals surface area (Å²) in [6, 6.07) is 18.9. The van der Waals surface area contributed by atoms with Gasteiger partial charge in [-0.05, 0) is 23.1 Å². The number of benzene rings is 2. The first kappa shape index (κ1) is 13.6. The largest absolute Gasteiger partial charge is 0.300 e. The second-order valence-electron chi connectivity index (χ2n) is 6.25. The zero-order chi connectivity index (χ0) is 14.9. The van der Waals surface area contributed by atoms with Crippen LogP contribution in [0.25, 0.3) is 17.1 Å². The van der Waals surface area contributed by atoms with E-state index in [4.69, 9.17) is 0 Å². The molecule has 2 nitrogen and oxygen atoms in total. The van der Waals surface area contributed by atoms with Gasteiger partial charge in [0.15, 0.2) is 0 Å². The molecule has 0 saturated heterocycles. The van der Waals surface area contributed by atoms with Gasteiger partial charge in [0.1, 0.15) is 5.82 Å². The first-order chi connectivity index (χ1) is 10.1. The molecule has 3 aromatic rings. The maximum atomic E-state index is 4.60. The molecule has 0 aliphatic heterocycles. The molecule has 1 heterocycles. The van der Waals surface area contributed by atoms with E-state index in [1.807, 2.05) is 18.5 Å². The molecule has 0 bridgehead atoms. The Balaban J connectivity index is 2.18. The highest BCUT2D eigenvalue weighted by molar-refractivity contribution is 5.64. The fourth-order valence-corrected chi connectivity index (χ4v) is 2.63. The van der Waals surface area contributed by atoms with Crippen molar-refractivity contribution in [3.05, 3.63) is 72.6 Å². The molecule has 0 saturated carbocycles. The number of rotatable bonds is 2. The van der Waals surface area contributed by atoms with Gasteiger partial charge in [-0.1, -0.05) is 63.2 Å². The highest BCUT2D eigenvalue weighted by Crippen LogP contribution is 2.32. The molecule has 0 aliphatic rings. The lowest BCUT2D eigenvalue weighted by Crippen LogP contribution is -2.13. The van der Waals surface area contributed by atoms with Crippen LogP contribution in [0.1, 0.15) is 26.3 Å². The molecule has 0 N–H and O–H groups in total.